The smallest absolute Gasteiger partial charge is 0.449 e. The molecule has 11 nitrogen and oxygen atoms in total. The molecule has 0 aliphatic carbocycles. The second-order valence-electron chi connectivity index (χ2n) is 10.0. The number of aromatic nitrogens is 5. The number of imidazole rings is 2. The number of rotatable bonds is 6. The van der Waals surface area contributed by atoms with E-state index in [4.69, 9.17) is 9.47 Å². The molecule has 6 rings (SSSR count). The van der Waals surface area contributed by atoms with Gasteiger partial charge < -0.3 is 23.9 Å². The van der Waals surface area contributed by atoms with Crippen LogP contribution in [-0.4, -0.2) is 76.0 Å². The number of methoxy groups -OCH3 is 2. The van der Waals surface area contributed by atoms with Crippen LogP contribution in [0, 0.1) is 0 Å². The first-order chi connectivity index (χ1) is 20.5. The van der Waals surface area contributed by atoms with Crippen molar-refractivity contribution in [3.8, 4) is 22.9 Å². The highest BCUT2D eigenvalue weighted by molar-refractivity contribution is 7.91. The van der Waals surface area contributed by atoms with E-state index in [1.54, 1.807) is 0 Å². The molecule has 5 aromatic rings. The Labute approximate surface area is 243 Å². The van der Waals surface area contributed by atoms with Crippen molar-refractivity contribution in [2.45, 2.75) is 18.8 Å². The quantitative estimate of drug-likeness (QED) is 0.304. The van der Waals surface area contributed by atoms with Gasteiger partial charge in [-0.3, -0.25) is 4.79 Å². The molecule has 0 spiro atoms. The molecular weight excluding hydrogens is 589 g/mol. The maximum atomic E-state index is 14.0. The van der Waals surface area contributed by atoms with Crippen molar-refractivity contribution in [2.24, 2.45) is 0 Å². The number of hydrogen-bond acceptors (Lipinski definition) is 8. The zero-order valence-corrected chi connectivity index (χ0v) is 23.7. The maximum Gasteiger partial charge on any atom is 0.449 e. The molecule has 0 bridgehead atoms. The molecule has 1 amide bonds. The van der Waals surface area contributed by atoms with Crippen LogP contribution in [0.15, 0.2) is 54.7 Å². The van der Waals surface area contributed by atoms with Crippen molar-refractivity contribution in [1.29, 1.82) is 0 Å². The Hall–Kier alpha value is -4.66. The number of carbonyl (C=O) groups excluding carboxylic acids is 1. The lowest BCUT2D eigenvalue weighted by Crippen LogP contribution is -2.47. The summed E-state index contributed by atoms with van der Waals surface area (Å²) in [5.74, 6) is -2.01. The minimum absolute atomic E-state index is 0.0346. The third kappa shape index (κ3) is 5.35. The Morgan fingerprint density at radius 1 is 1.07 bits per heavy atom. The molecule has 1 N–H and O–H groups in total. The van der Waals surface area contributed by atoms with Crippen LogP contribution in [0.1, 0.15) is 17.7 Å². The maximum absolute atomic E-state index is 14.0. The first-order valence-corrected chi connectivity index (χ1v) is 14.9. The standard InChI is InChI=1S/C28H25F3N6O5S/c1-41-17-7-8-20-22(12-17)37(27(35-20)28(29,30)31)14-24(38)36-9-10-43(39,40)15-23(36)25-32-13-21(33-25)18-11-16-5-3-4-6-19(16)34-26(18)42-2/h3-8,11-13,23H,9-10,14-15H2,1-2H3,(H,32,33)/t23-/m0/s1. The zero-order valence-electron chi connectivity index (χ0n) is 22.9. The number of nitrogens with zero attached hydrogens (tertiary/aromatic N) is 5. The largest absolute Gasteiger partial charge is 0.497 e. The van der Waals surface area contributed by atoms with E-state index < -0.39 is 46.1 Å². The number of ether oxygens (including phenoxy) is 2. The molecule has 4 heterocycles. The number of sulfone groups is 1. The summed E-state index contributed by atoms with van der Waals surface area (Å²) in [5, 5.41) is 0.830. The predicted molar refractivity (Wildman–Crippen MR) is 150 cm³/mol. The number of hydrogen-bond donors (Lipinski definition) is 1. The summed E-state index contributed by atoms with van der Waals surface area (Å²) in [4.78, 5) is 30.6. The molecule has 2 aromatic carbocycles. The predicted octanol–water partition coefficient (Wildman–Crippen LogP) is 4.01. The number of para-hydroxylation sites is 1. The first-order valence-electron chi connectivity index (χ1n) is 13.1. The third-order valence-corrected chi connectivity index (χ3v) is 8.97. The normalized spacial score (nSPS) is 17.0. The molecule has 0 radical (unpaired) electrons. The molecule has 1 atom stereocenters. The topological polar surface area (TPSA) is 132 Å². The summed E-state index contributed by atoms with van der Waals surface area (Å²) in [6.07, 6.45) is -3.37. The van der Waals surface area contributed by atoms with Gasteiger partial charge in [0.15, 0.2) is 9.84 Å². The second-order valence-corrected chi connectivity index (χ2v) is 12.2. The molecule has 3 aromatic heterocycles. The van der Waals surface area contributed by atoms with Crippen LogP contribution in [0.25, 0.3) is 33.2 Å². The van der Waals surface area contributed by atoms with Gasteiger partial charge in [-0.1, -0.05) is 18.2 Å². The first kappa shape index (κ1) is 28.5. The molecule has 1 aliphatic heterocycles. The molecule has 1 aliphatic rings. The molecule has 1 saturated heterocycles. The van der Waals surface area contributed by atoms with Gasteiger partial charge in [-0.05, 0) is 24.3 Å². The van der Waals surface area contributed by atoms with Crippen molar-refractivity contribution in [1.82, 2.24) is 29.4 Å². The number of carbonyl (C=O) groups is 1. The van der Waals surface area contributed by atoms with Crippen LogP contribution >= 0.6 is 0 Å². The average molecular weight is 615 g/mol. The number of benzene rings is 2. The van der Waals surface area contributed by atoms with Crippen molar-refractivity contribution in [3.05, 3.63) is 66.4 Å². The van der Waals surface area contributed by atoms with Gasteiger partial charge in [-0.2, -0.15) is 13.2 Å². The van der Waals surface area contributed by atoms with E-state index >= 15 is 0 Å². The van der Waals surface area contributed by atoms with Crippen LogP contribution < -0.4 is 9.47 Å². The number of alkyl halides is 3. The number of aromatic amines is 1. The molecule has 0 saturated carbocycles. The third-order valence-electron chi connectivity index (χ3n) is 7.34. The number of nitrogens with one attached hydrogen (secondary N) is 1. The Bertz CT molecular complexity index is 1970. The average Bonchev–Trinajstić information content (AvgIpc) is 3.61. The number of H-pyrrole nitrogens is 1. The number of fused-ring (bicyclic) bond motifs is 2. The Morgan fingerprint density at radius 2 is 1.86 bits per heavy atom. The highest BCUT2D eigenvalue weighted by Crippen LogP contribution is 2.35. The van der Waals surface area contributed by atoms with Gasteiger partial charge in [-0.25, -0.2) is 23.4 Å². The van der Waals surface area contributed by atoms with Crippen molar-refractivity contribution >= 4 is 37.7 Å². The van der Waals surface area contributed by atoms with Crippen LogP contribution in [-0.2, 0) is 27.4 Å². The van der Waals surface area contributed by atoms with E-state index in [0.29, 0.717) is 28.4 Å². The summed E-state index contributed by atoms with van der Waals surface area (Å²) in [6.45, 7) is -0.953. The Kier molecular flexibility index (Phi) is 6.99. The van der Waals surface area contributed by atoms with E-state index in [0.717, 1.165) is 9.95 Å². The monoisotopic (exact) mass is 614 g/mol. The van der Waals surface area contributed by atoms with Gasteiger partial charge in [0.05, 0.1) is 59.7 Å². The molecular formula is C28H25F3N6O5S. The van der Waals surface area contributed by atoms with Crippen LogP contribution in [0.4, 0.5) is 13.2 Å². The molecule has 43 heavy (non-hydrogen) atoms. The van der Waals surface area contributed by atoms with E-state index in [9.17, 15) is 26.4 Å². The zero-order chi connectivity index (χ0) is 30.5. The number of pyridine rings is 1. The fraction of sp³-hybridized carbons (Fsp3) is 0.286. The van der Waals surface area contributed by atoms with E-state index in [1.807, 2.05) is 30.3 Å². The van der Waals surface area contributed by atoms with Gasteiger partial charge in [0.2, 0.25) is 17.6 Å². The minimum atomic E-state index is -4.85. The van der Waals surface area contributed by atoms with E-state index in [2.05, 4.69) is 19.9 Å². The van der Waals surface area contributed by atoms with E-state index in [1.165, 1.54) is 43.5 Å². The summed E-state index contributed by atoms with van der Waals surface area (Å²) in [6, 6.07) is 12.4. The van der Waals surface area contributed by atoms with Gasteiger partial charge in [-0.15, -0.1) is 0 Å². The summed E-state index contributed by atoms with van der Waals surface area (Å²) < 4.78 is 78.7. The number of amides is 1. The minimum Gasteiger partial charge on any atom is -0.497 e. The molecule has 15 heteroatoms. The summed E-state index contributed by atoms with van der Waals surface area (Å²) in [5.41, 5.74) is 1.82. The lowest BCUT2D eigenvalue weighted by atomic mass is 10.1. The Balaban J connectivity index is 1.37. The summed E-state index contributed by atoms with van der Waals surface area (Å²) >= 11 is 0. The highest BCUT2D eigenvalue weighted by atomic mass is 32.2. The van der Waals surface area contributed by atoms with E-state index in [-0.39, 0.29) is 29.2 Å². The second kappa shape index (κ2) is 10.6. The van der Waals surface area contributed by atoms with Gasteiger partial charge in [0.1, 0.15) is 24.2 Å². The van der Waals surface area contributed by atoms with Gasteiger partial charge in [0, 0.05) is 18.0 Å². The SMILES string of the molecule is COc1ccc2nc(C(F)(F)F)n(CC(=O)N3CCS(=O)(=O)C[C@H]3c3ncc(-c4cc5ccccc5nc4OC)[nH]3)c2c1. The van der Waals surface area contributed by atoms with Crippen LogP contribution in [0.2, 0.25) is 0 Å². The highest BCUT2D eigenvalue weighted by Gasteiger charge is 2.41. The molecule has 1 fully saturated rings. The lowest BCUT2D eigenvalue weighted by molar-refractivity contribution is -0.148. The van der Waals surface area contributed by atoms with Gasteiger partial charge in [0.25, 0.3) is 0 Å². The fourth-order valence-corrected chi connectivity index (χ4v) is 6.71. The lowest BCUT2D eigenvalue weighted by Gasteiger charge is -2.34. The van der Waals surface area contributed by atoms with Crippen molar-refractivity contribution < 1.29 is 35.9 Å². The number of halogens is 3. The Morgan fingerprint density at radius 3 is 2.60 bits per heavy atom. The molecule has 0 unspecified atom stereocenters. The van der Waals surface area contributed by atoms with Crippen LogP contribution in [0.3, 0.4) is 0 Å². The fourth-order valence-electron chi connectivity index (χ4n) is 5.25. The van der Waals surface area contributed by atoms with Crippen LogP contribution in [0.5, 0.6) is 11.6 Å². The van der Waals surface area contributed by atoms with Crippen molar-refractivity contribution in [3.63, 3.8) is 0 Å². The van der Waals surface area contributed by atoms with Crippen molar-refractivity contribution in [2.75, 3.05) is 32.3 Å². The molecule has 224 valence electrons. The summed E-state index contributed by atoms with van der Waals surface area (Å²) in [7, 11) is -0.746. The van der Waals surface area contributed by atoms with Gasteiger partial charge >= 0.3 is 6.18 Å².